The Morgan fingerprint density at radius 1 is 0.527 bits per heavy atom. The van der Waals surface area contributed by atoms with Crippen LogP contribution in [0.15, 0.2) is 103 Å². The van der Waals surface area contributed by atoms with Crippen LogP contribution in [0.1, 0.15) is 162 Å². The Morgan fingerprint density at radius 2 is 0.838 bits per heavy atom. The van der Waals surface area contributed by atoms with Gasteiger partial charge in [-0.2, -0.15) is 4.40 Å². The van der Waals surface area contributed by atoms with Gasteiger partial charge in [-0.25, -0.2) is 39.3 Å². The fourth-order valence-electron chi connectivity index (χ4n) is 6.54. The average molecular weight is 1100 g/mol. The maximum Gasteiger partial charge on any atom is 0.306 e. The first-order valence-electron chi connectivity index (χ1n) is 24.0. The first-order valence-corrected chi connectivity index (χ1v) is 27.7. The molecule has 0 saturated heterocycles. The number of hydrogen-bond donors (Lipinski definition) is 0. The third-order valence-corrected chi connectivity index (χ3v) is 15.7. The van der Waals surface area contributed by atoms with Gasteiger partial charge in [-0.05, 0) is 191 Å². The van der Waals surface area contributed by atoms with E-state index in [1.807, 2.05) is 48.5 Å². The molecule has 0 aromatic heterocycles. The Morgan fingerprint density at radius 3 is 1.11 bits per heavy atom. The number of nitrogens with zero attached hydrogens (tertiary/aromatic N) is 1. The minimum absolute atomic E-state index is 0.133. The van der Waals surface area contributed by atoms with Gasteiger partial charge in [0.05, 0.1) is 11.2 Å². The van der Waals surface area contributed by atoms with E-state index in [0.29, 0.717) is 47.5 Å². The van der Waals surface area contributed by atoms with Crippen molar-refractivity contribution in [1.29, 1.82) is 0 Å². The summed E-state index contributed by atoms with van der Waals surface area (Å²) < 4.78 is 149. The minimum Gasteiger partial charge on any atom is -0.460 e. The number of carbonyl (C=O) groups excluding carboxylic acids is 1. The van der Waals surface area contributed by atoms with Gasteiger partial charge in [0.2, 0.25) is 0 Å². The lowest BCUT2D eigenvalue weighted by atomic mass is 9.91. The van der Waals surface area contributed by atoms with Crippen LogP contribution in [0, 0.1) is 46.5 Å². The van der Waals surface area contributed by atoms with Gasteiger partial charge in [0.1, 0.15) is 63.1 Å². The lowest BCUT2D eigenvalue weighted by molar-refractivity contribution is -0.155. The third kappa shape index (κ3) is 27.3. The zero-order valence-electron chi connectivity index (χ0n) is 45.0. The molecule has 6 atom stereocenters. The largest absolute Gasteiger partial charge is 0.460 e. The van der Waals surface area contributed by atoms with Crippen LogP contribution in [-0.2, 0) is 42.1 Å². The van der Waals surface area contributed by atoms with Gasteiger partial charge in [-0.3, -0.25) is 13.2 Å². The molecule has 0 heterocycles. The maximum atomic E-state index is 13.3. The number of carbonyl (C=O) groups is 1. The summed E-state index contributed by atoms with van der Waals surface area (Å²) in [6.07, 6.45) is 7.32. The molecular weight excluding hydrogens is 1030 g/mol. The molecule has 4 rings (SSSR count). The van der Waals surface area contributed by atoms with Crippen molar-refractivity contribution in [3.63, 3.8) is 0 Å². The minimum atomic E-state index is -1.43. The van der Waals surface area contributed by atoms with E-state index in [1.54, 1.807) is 53.7 Å². The number of allylic oxidation sites excluding steroid dienone is 2. The van der Waals surface area contributed by atoms with Crippen molar-refractivity contribution in [3.8, 4) is 0 Å². The summed E-state index contributed by atoms with van der Waals surface area (Å²) in [5.41, 5.74) is 1.29. The second kappa shape index (κ2) is 30.8. The number of halogens is 8. The van der Waals surface area contributed by atoms with E-state index in [1.165, 1.54) is 42.6 Å². The Balaban J connectivity index is 0.000000495. The zero-order valence-corrected chi connectivity index (χ0v) is 47.4. The highest BCUT2D eigenvalue weighted by atomic mass is 32.2. The van der Waals surface area contributed by atoms with Crippen molar-refractivity contribution in [2.75, 3.05) is 11.5 Å². The fourth-order valence-corrected chi connectivity index (χ4v) is 9.46. The molecular formula is C57H75F8NO5S3. The average Bonchev–Trinajstić information content (AvgIpc) is 3.22. The lowest BCUT2D eigenvalue weighted by Gasteiger charge is -2.22. The zero-order chi connectivity index (χ0) is 56.9. The van der Waals surface area contributed by atoms with E-state index in [4.69, 9.17) is 4.74 Å². The Hall–Kier alpha value is -4.61. The normalized spacial score (nSPS) is 14.3. The standard InChI is InChI=1S/C16H22F2O2.2C15H20F2OS.C11H13F2NOS/c1-5-6-11(9-15(19)20-16(2,3)4)12-7-13(17)10-14(18)8-12;2*1-5-6-11(10-19(18)15(2,3)4)12-7-13(16)9-14(17)8-12;1-11(2,3)16(15)14-7-8-4-9(12)6-10(13)5-8/h7-8,10-11H,5-6,9H2,1-4H3;2*5,7-9,11H,1,6,10H2,2-4H3;4-7H,1-3H3/t;2*11?,19-;16-/m.110/s1. The van der Waals surface area contributed by atoms with Gasteiger partial charge >= 0.3 is 5.97 Å². The molecule has 0 amide bonds. The molecule has 0 aliphatic rings. The van der Waals surface area contributed by atoms with Gasteiger partial charge < -0.3 is 4.74 Å². The van der Waals surface area contributed by atoms with Gasteiger partial charge in [0.15, 0.2) is 0 Å². The quantitative estimate of drug-likeness (QED) is 0.0455. The highest BCUT2D eigenvalue weighted by molar-refractivity contribution is 7.86. The van der Waals surface area contributed by atoms with Crippen LogP contribution in [0.5, 0.6) is 0 Å². The molecule has 74 heavy (non-hydrogen) atoms. The van der Waals surface area contributed by atoms with Crippen molar-refractivity contribution in [1.82, 2.24) is 0 Å². The topological polar surface area (TPSA) is 89.9 Å². The van der Waals surface area contributed by atoms with Crippen molar-refractivity contribution < 1.29 is 57.3 Å². The van der Waals surface area contributed by atoms with E-state index < -0.39 is 89.5 Å². The number of rotatable bonds is 17. The summed E-state index contributed by atoms with van der Waals surface area (Å²) in [6.45, 7) is 31.3. The van der Waals surface area contributed by atoms with Gasteiger partial charge in [-0.15, -0.1) is 13.2 Å². The van der Waals surface area contributed by atoms with Crippen LogP contribution in [0.2, 0.25) is 0 Å². The molecule has 0 aliphatic heterocycles. The van der Waals surface area contributed by atoms with E-state index in [2.05, 4.69) is 17.6 Å². The first-order chi connectivity index (χ1) is 34.0. The summed E-state index contributed by atoms with van der Waals surface area (Å²) in [5.74, 6) is -5.20. The monoisotopic (exact) mass is 1100 g/mol. The summed E-state index contributed by atoms with van der Waals surface area (Å²) >= 11 is 0. The molecule has 6 nitrogen and oxygen atoms in total. The molecule has 0 radical (unpaired) electrons. The molecule has 0 spiro atoms. The van der Waals surface area contributed by atoms with E-state index in [-0.39, 0.29) is 45.2 Å². The molecule has 0 bridgehead atoms. The highest BCUT2D eigenvalue weighted by Crippen LogP contribution is 2.30. The molecule has 0 fully saturated rings. The highest BCUT2D eigenvalue weighted by Gasteiger charge is 2.26. The predicted octanol–water partition coefficient (Wildman–Crippen LogP) is 15.8. The molecule has 4 aromatic carbocycles. The first kappa shape index (κ1) is 67.4. The van der Waals surface area contributed by atoms with Gasteiger partial charge in [0, 0.05) is 73.1 Å². The number of hydrogen-bond acceptors (Lipinski definition) is 5. The van der Waals surface area contributed by atoms with E-state index in [9.17, 15) is 52.5 Å². The Bertz CT molecular complexity index is 2390. The van der Waals surface area contributed by atoms with Crippen LogP contribution in [-0.4, -0.2) is 56.2 Å². The van der Waals surface area contributed by atoms with Crippen molar-refractivity contribution in [3.05, 3.63) is 167 Å². The van der Waals surface area contributed by atoms with Crippen molar-refractivity contribution in [2.45, 2.75) is 160 Å². The molecule has 0 aliphatic carbocycles. The smallest absolute Gasteiger partial charge is 0.306 e. The SMILES string of the molecule is C=CCC(C[S@@](=O)C(C)(C)C)c1cc(F)cc(F)c1.C=CCC(C[S@@](=O)C(C)(C)C)c1cc(F)cc(F)c1.CC(C)(C)[S@](=O)N=Cc1cc(F)cc(F)c1.CCCC(CC(=O)OC(C)(C)C)c1cc(F)cc(F)c1. The predicted molar refractivity (Wildman–Crippen MR) is 290 cm³/mol. The summed E-state index contributed by atoms with van der Waals surface area (Å²) in [6, 6.07) is 13.3. The van der Waals surface area contributed by atoms with E-state index in [0.717, 1.165) is 42.8 Å². The number of esters is 1. The molecule has 0 saturated carbocycles. The molecule has 412 valence electrons. The number of benzene rings is 4. The summed E-state index contributed by atoms with van der Waals surface area (Å²) in [7, 11) is -3.58. The van der Waals surface area contributed by atoms with Gasteiger partial charge in [0.25, 0.3) is 0 Å². The molecule has 3 unspecified atom stereocenters. The lowest BCUT2D eigenvalue weighted by Crippen LogP contribution is -2.26. The van der Waals surface area contributed by atoms with Crippen LogP contribution in [0.4, 0.5) is 35.1 Å². The molecule has 4 aromatic rings. The fraction of sp³-hybridized carbons (Fsp3) is 0.474. The van der Waals surface area contributed by atoms with Crippen molar-refractivity contribution >= 4 is 44.8 Å². The van der Waals surface area contributed by atoms with E-state index >= 15 is 0 Å². The second-order valence-corrected chi connectivity index (χ2v) is 27.8. The second-order valence-electron chi connectivity index (χ2n) is 21.4. The molecule has 0 N–H and O–H groups in total. The third-order valence-electron chi connectivity index (χ3n) is 10.2. The summed E-state index contributed by atoms with van der Waals surface area (Å²) in [4.78, 5) is 11.9. The number of ether oxygens (including phenoxy) is 1. The van der Waals surface area contributed by atoms with Crippen LogP contribution < -0.4 is 0 Å². The summed E-state index contributed by atoms with van der Waals surface area (Å²) in [5, 5.41) is 0. The maximum absolute atomic E-state index is 13.3. The Kier molecular flexibility index (Phi) is 28.1. The van der Waals surface area contributed by atoms with Crippen LogP contribution >= 0.6 is 0 Å². The van der Waals surface area contributed by atoms with Crippen LogP contribution in [0.25, 0.3) is 0 Å². The Labute approximate surface area is 442 Å². The van der Waals surface area contributed by atoms with Crippen molar-refractivity contribution in [2.24, 2.45) is 4.40 Å². The molecule has 17 heteroatoms. The van der Waals surface area contributed by atoms with Crippen LogP contribution in [0.3, 0.4) is 0 Å². The van der Waals surface area contributed by atoms with Gasteiger partial charge in [-0.1, -0.05) is 25.5 Å².